The molecule has 1 aromatic heterocycles. The highest BCUT2D eigenvalue weighted by Gasteiger charge is 2.25. The summed E-state index contributed by atoms with van der Waals surface area (Å²) in [6, 6.07) is 11.6. The maximum atomic E-state index is 11.2. The molecule has 0 bridgehead atoms. The highest BCUT2D eigenvalue weighted by Crippen LogP contribution is 2.39. The summed E-state index contributed by atoms with van der Waals surface area (Å²) in [5.74, 6) is 0.311. The van der Waals surface area contributed by atoms with Crippen LogP contribution in [0.25, 0.3) is 22.6 Å². The fourth-order valence-electron chi connectivity index (χ4n) is 3.48. The Balaban J connectivity index is 2.22. The van der Waals surface area contributed by atoms with E-state index >= 15 is 0 Å². The molecule has 167 valence electrons. The normalized spacial score (nSPS) is 11.8. The van der Waals surface area contributed by atoms with Crippen LogP contribution in [0.1, 0.15) is 31.9 Å². The van der Waals surface area contributed by atoms with Crippen LogP contribution in [0.4, 0.5) is 5.69 Å². The molecule has 9 heteroatoms. The Kier molecular flexibility index (Phi) is 7.35. The Morgan fingerprint density at radius 2 is 1.81 bits per heavy atom. The van der Waals surface area contributed by atoms with Crippen LogP contribution < -0.4 is 0 Å². The van der Waals surface area contributed by atoms with Crippen molar-refractivity contribution in [3.05, 3.63) is 73.9 Å². The lowest BCUT2D eigenvalue weighted by molar-refractivity contribution is -0.384. The first-order valence-electron chi connectivity index (χ1n) is 10.0. The van der Waals surface area contributed by atoms with E-state index in [1.807, 2.05) is 12.1 Å². The van der Waals surface area contributed by atoms with Gasteiger partial charge in [0, 0.05) is 34.3 Å². The van der Waals surface area contributed by atoms with Gasteiger partial charge in [-0.25, -0.2) is 9.97 Å². The van der Waals surface area contributed by atoms with E-state index in [4.69, 9.17) is 32.6 Å². The third-order valence-corrected chi connectivity index (χ3v) is 6.03. The maximum absolute atomic E-state index is 11.2. The van der Waals surface area contributed by atoms with Crippen LogP contribution in [-0.4, -0.2) is 23.9 Å². The van der Waals surface area contributed by atoms with Gasteiger partial charge in [-0.3, -0.25) is 10.1 Å². The summed E-state index contributed by atoms with van der Waals surface area (Å²) in [7, 11) is -0.941. The van der Waals surface area contributed by atoms with E-state index in [1.54, 1.807) is 18.2 Å². The van der Waals surface area contributed by atoms with Crippen LogP contribution in [-0.2, 0) is 16.4 Å². The van der Waals surface area contributed by atoms with Gasteiger partial charge in [-0.05, 0) is 35.7 Å². The van der Waals surface area contributed by atoms with Crippen LogP contribution in [0.15, 0.2) is 42.5 Å². The van der Waals surface area contributed by atoms with Crippen molar-refractivity contribution in [3.63, 3.8) is 0 Å². The fourth-order valence-corrected chi connectivity index (χ4v) is 4.56. The smallest absolute Gasteiger partial charge is 0.270 e. The van der Waals surface area contributed by atoms with Crippen molar-refractivity contribution >= 4 is 37.9 Å². The second-order valence-electron chi connectivity index (χ2n) is 8.60. The van der Waals surface area contributed by atoms with E-state index in [0.717, 1.165) is 16.7 Å². The highest BCUT2D eigenvalue weighted by molar-refractivity contribution is 6.48. The molecule has 0 saturated heterocycles. The zero-order valence-electron chi connectivity index (χ0n) is 18.6. The summed E-state index contributed by atoms with van der Waals surface area (Å²) in [4.78, 5) is 19.7. The van der Waals surface area contributed by atoms with Gasteiger partial charge >= 0.3 is 0 Å². The Morgan fingerprint density at radius 1 is 1.09 bits per heavy atom. The van der Waals surface area contributed by atoms with Crippen LogP contribution in [0.3, 0.4) is 0 Å². The Hall–Kier alpha value is -2.32. The number of nitrogens with zero attached hydrogens (tertiary/aromatic N) is 3. The third kappa shape index (κ3) is 5.53. The molecular formula is C23H24Cl2N3O3Si. The van der Waals surface area contributed by atoms with Gasteiger partial charge in [0.25, 0.3) is 5.69 Å². The maximum Gasteiger partial charge on any atom is 0.270 e. The molecule has 0 saturated carbocycles. The summed E-state index contributed by atoms with van der Waals surface area (Å²) >= 11 is 13.0. The molecule has 3 rings (SSSR count). The fraction of sp³-hybridized carbons (Fsp3) is 0.304. The SMILES string of the molecule is C[Si](C)OCc1c(-c2cc(Cl)nc(-c3cccc([N+](=O)[O-])c3)n2)ccc(Cl)c1C(C)(C)C. The van der Waals surface area contributed by atoms with E-state index in [1.165, 1.54) is 12.1 Å². The lowest BCUT2D eigenvalue weighted by atomic mass is 9.81. The zero-order valence-corrected chi connectivity index (χ0v) is 21.1. The molecule has 32 heavy (non-hydrogen) atoms. The van der Waals surface area contributed by atoms with Crippen molar-refractivity contribution in [1.82, 2.24) is 9.97 Å². The lowest BCUT2D eigenvalue weighted by Crippen LogP contribution is -2.18. The quantitative estimate of drug-likeness (QED) is 0.160. The number of halogens is 2. The number of rotatable bonds is 6. The number of non-ortho nitro benzene ring substituents is 1. The average molecular weight is 489 g/mol. The molecule has 0 spiro atoms. The van der Waals surface area contributed by atoms with Gasteiger partial charge in [-0.1, -0.05) is 62.2 Å². The molecule has 0 unspecified atom stereocenters. The largest absolute Gasteiger partial charge is 0.413 e. The Labute approximate surface area is 199 Å². The average Bonchev–Trinajstić information content (AvgIpc) is 2.70. The van der Waals surface area contributed by atoms with Crippen molar-refractivity contribution in [2.45, 2.75) is 45.9 Å². The van der Waals surface area contributed by atoms with Gasteiger partial charge in [0.2, 0.25) is 9.04 Å². The molecule has 0 atom stereocenters. The second kappa shape index (κ2) is 9.66. The summed E-state index contributed by atoms with van der Waals surface area (Å²) in [6.07, 6.45) is 0. The molecule has 0 aliphatic carbocycles. The van der Waals surface area contributed by atoms with Crippen molar-refractivity contribution in [3.8, 4) is 22.6 Å². The van der Waals surface area contributed by atoms with Crippen molar-refractivity contribution in [2.75, 3.05) is 0 Å². The number of aromatic nitrogens is 2. The summed E-state index contributed by atoms with van der Waals surface area (Å²) in [5, 5.41) is 12.1. The van der Waals surface area contributed by atoms with Crippen LogP contribution >= 0.6 is 23.2 Å². The standard InChI is InChI=1S/C23H24Cl2N3O3Si/c1-23(2,3)21-17(13-31-32(4)5)16(9-10-18(21)24)19-12-20(25)27-22(26-19)14-7-6-8-15(11-14)28(29)30/h6-12H,13H2,1-5H3. The third-order valence-electron chi connectivity index (χ3n) is 4.80. The van der Waals surface area contributed by atoms with Crippen molar-refractivity contribution < 1.29 is 9.35 Å². The molecular weight excluding hydrogens is 465 g/mol. The summed E-state index contributed by atoms with van der Waals surface area (Å²) in [5.41, 5.74) is 3.65. The Morgan fingerprint density at radius 3 is 2.44 bits per heavy atom. The monoisotopic (exact) mass is 488 g/mol. The molecule has 6 nitrogen and oxygen atoms in total. The number of hydrogen-bond donors (Lipinski definition) is 0. The molecule has 0 N–H and O–H groups in total. The second-order valence-corrected chi connectivity index (χ2v) is 11.5. The van der Waals surface area contributed by atoms with Crippen molar-refractivity contribution in [1.29, 1.82) is 0 Å². The predicted octanol–water partition coefficient (Wildman–Crippen LogP) is 7.09. The molecule has 0 aliphatic rings. The van der Waals surface area contributed by atoms with Crippen molar-refractivity contribution in [2.24, 2.45) is 0 Å². The first-order chi connectivity index (χ1) is 15.0. The van der Waals surface area contributed by atoms with E-state index in [2.05, 4.69) is 38.8 Å². The van der Waals surface area contributed by atoms with Crippen LogP contribution in [0, 0.1) is 10.1 Å². The molecule has 2 aromatic carbocycles. The first-order valence-corrected chi connectivity index (χ1v) is 13.2. The lowest BCUT2D eigenvalue weighted by Gasteiger charge is -2.27. The van der Waals surface area contributed by atoms with Gasteiger partial charge in [-0.15, -0.1) is 0 Å². The van der Waals surface area contributed by atoms with E-state index in [-0.39, 0.29) is 16.3 Å². The minimum Gasteiger partial charge on any atom is -0.413 e. The molecule has 3 aromatic rings. The molecule has 0 amide bonds. The zero-order chi connectivity index (χ0) is 23.6. The van der Waals surface area contributed by atoms with E-state index in [0.29, 0.717) is 28.7 Å². The van der Waals surface area contributed by atoms with Gasteiger partial charge in [0.15, 0.2) is 5.82 Å². The van der Waals surface area contributed by atoms with Crippen LogP contribution in [0.2, 0.25) is 23.3 Å². The molecule has 1 radical (unpaired) electrons. The molecule has 1 heterocycles. The van der Waals surface area contributed by atoms with E-state index < -0.39 is 14.0 Å². The Bertz CT molecular complexity index is 1160. The number of nitro benzene ring substituents is 1. The minimum atomic E-state index is -0.941. The summed E-state index contributed by atoms with van der Waals surface area (Å²) < 4.78 is 6.06. The number of nitro groups is 1. The van der Waals surface area contributed by atoms with Gasteiger partial charge in [-0.2, -0.15) is 0 Å². The minimum absolute atomic E-state index is 0.0382. The first kappa shape index (κ1) is 24.3. The number of hydrogen-bond acceptors (Lipinski definition) is 5. The van der Waals surface area contributed by atoms with Gasteiger partial charge in [0.05, 0.1) is 17.2 Å². The van der Waals surface area contributed by atoms with Gasteiger partial charge < -0.3 is 4.43 Å². The molecule has 0 aliphatic heterocycles. The van der Waals surface area contributed by atoms with Gasteiger partial charge in [0.1, 0.15) is 5.15 Å². The number of benzene rings is 2. The predicted molar refractivity (Wildman–Crippen MR) is 131 cm³/mol. The van der Waals surface area contributed by atoms with Crippen LogP contribution in [0.5, 0.6) is 0 Å². The molecule has 0 fully saturated rings. The highest BCUT2D eigenvalue weighted by atomic mass is 35.5. The van der Waals surface area contributed by atoms with E-state index in [9.17, 15) is 10.1 Å². The topological polar surface area (TPSA) is 78.2 Å². The summed E-state index contributed by atoms with van der Waals surface area (Å²) in [6.45, 7) is 10.9.